The van der Waals surface area contributed by atoms with Crippen LogP contribution in [0.15, 0.2) is 47.4 Å². The molecule has 0 aromatic heterocycles. The first-order chi connectivity index (χ1) is 16.0. The molecule has 0 bridgehead atoms. The second-order valence-corrected chi connectivity index (χ2v) is 10.8. The van der Waals surface area contributed by atoms with Crippen molar-refractivity contribution in [1.29, 1.82) is 0 Å². The molecule has 1 unspecified atom stereocenters. The number of hydrogen-bond acceptors (Lipinski definition) is 5. The summed E-state index contributed by atoms with van der Waals surface area (Å²) in [5.41, 5.74) is 1.54. The van der Waals surface area contributed by atoms with Crippen LogP contribution < -0.4 is 9.47 Å². The van der Waals surface area contributed by atoms with Crippen molar-refractivity contribution in [2.24, 2.45) is 0 Å². The van der Waals surface area contributed by atoms with E-state index in [1.54, 1.807) is 28.6 Å². The van der Waals surface area contributed by atoms with Crippen molar-refractivity contribution in [1.82, 2.24) is 9.21 Å². The van der Waals surface area contributed by atoms with Gasteiger partial charge in [0.05, 0.1) is 24.2 Å². The quantitative estimate of drug-likeness (QED) is 0.675. The lowest BCUT2D eigenvalue weighted by Crippen LogP contribution is -2.35. The van der Waals surface area contributed by atoms with Crippen molar-refractivity contribution in [3.8, 4) is 11.5 Å². The molecule has 0 aliphatic carbocycles. The number of fused-ring (bicyclic) bond motifs is 1. The van der Waals surface area contributed by atoms with Gasteiger partial charge in [0.1, 0.15) is 0 Å². The Balaban J connectivity index is 1.34. The van der Waals surface area contributed by atoms with Gasteiger partial charge in [-0.1, -0.05) is 12.5 Å². The molecule has 3 aliphatic rings. The van der Waals surface area contributed by atoms with Crippen LogP contribution in [0.2, 0.25) is 0 Å². The van der Waals surface area contributed by atoms with Gasteiger partial charge in [-0.05, 0) is 67.6 Å². The van der Waals surface area contributed by atoms with E-state index in [4.69, 9.17) is 9.47 Å². The van der Waals surface area contributed by atoms with Gasteiger partial charge < -0.3 is 14.4 Å². The largest absolute Gasteiger partial charge is 0.490 e. The van der Waals surface area contributed by atoms with Crippen LogP contribution in [0, 0.1) is 0 Å². The third-order valence-electron chi connectivity index (χ3n) is 6.72. The average Bonchev–Trinajstić information content (AvgIpc) is 3.23. The molecule has 2 saturated heterocycles. The van der Waals surface area contributed by atoms with E-state index in [2.05, 4.69) is 0 Å². The summed E-state index contributed by atoms with van der Waals surface area (Å²) in [7, 11) is -3.51. The molecule has 3 aliphatic heterocycles. The Morgan fingerprint density at radius 1 is 0.818 bits per heavy atom. The van der Waals surface area contributed by atoms with Gasteiger partial charge in [-0.2, -0.15) is 4.31 Å². The highest BCUT2D eigenvalue weighted by molar-refractivity contribution is 7.89. The van der Waals surface area contributed by atoms with Gasteiger partial charge in [0.25, 0.3) is 5.91 Å². The standard InChI is InChI=1S/C25H30N2O5S/c28-25(19-7-10-21(11-8-19)33(29,30)26-13-2-1-3-14-26)27-15-4-6-22(27)20-9-12-23-24(18-20)32-17-5-16-31-23/h7-12,18,22H,1-6,13-17H2. The van der Waals surface area contributed by atoms with E-state index in [-0.39, 0.29) is 16.8 Å². The van der Waals surface area contributed by atoms with E-state index in [0.29, 0.717) is 38.4 Å². The molecule has 33 heavy (non-hydrogen) atoms. The number of carbonyl (C=O) groups excluding carboxylic acids is 1. The first-order valence-electron chi connectivity index (χ1n) is 11.8. The van der Waals surface area contributed by atoms with Crippen LogP contribution in [-0.2, 0) is 10.0 Å². The van der Waals surface area contributed by atoms with Gasteiger partial charge in [0.15, 0.2) is 11.5 Å². The highest BCUT2D eigenvalue weighted by Gasteiger charge is 2.32. The predicted molar refractivity (Wildman–Crippen MR) is 124 cm³/mol. The molecule has 176 valence electrons. The maximum Gasteiger partial charge on any atom is 0.254 e. The van der Waals surface area contributed by atoms with Crippen molar-refractivity contribution < 1.29 is 22.7 Å². The molecule has 2 aromatic rings. The molecule has 5 rings (SSSR count). The number of nitrogens with zero attached hydrogens (tertiary/aromatic N) is 2. The molecule has 0 spiro atoms. The van der Waals surface area contributed by atoms with Crippen molar-refractivity contribution in [3.05, 3.63) is 53.6 Å². The van der Waals surface area contributed by atoms with Gasteiger partial charge in [-0.3, -0.25) is 4.79 Å². The Morgan fingerprint density at radius 3 is 2.30 bits per heavy atom. The normalized spacial score (nSPS) is 21.6. The molecule has 7 nitrogen and oxygen atoms in total. The zero-order chi connectivity index (χ0) is 22.8. The molecule has 1 atom stereocenters. The minimum absolute atomic E-state index is 0.0357. The van der Waals surface area contributed by atoms with Crippen LogP contribution in [0.25, 0.3) is 0 Å². The van der Waals surface area contributed by atoms with Gasteiger partial charge in [0, 0.05) is 31.6 Å². The Morgan fingerprint density at radius 2 is 1.55 bits per heavy atom. The molecule has 3 heterocycles. The zero-order valence-electron chi connectivity index (χ0n) is 18.7. The van der Waals surface area contributed by atoms with E-state index in [9.17, 15) is 13.2 Å². The van der Waals surface area contributed by atoms with Gasteiger partial charge in [0.2, 0.25) is 10.0 Å². The third kappa shape index (κ3) is 4.46. The van der Waals surface area contributed by atoms with Crippen LogP contribution in [0.1, 0.15) is 60.5 Å². The van der Waals surface area contributed by atoms with Crippen LogP contribution >= 0.6 is 0 Å². The third-order valence-corrected chi connectivity index (χ3v) is 8.64. The molecule has 1 amide bonds. The lowest BCUT2D eigenvalue weighted by atomic mass is 10.0. The SMILES string of the molecule is O=C(c1ccc(S(=O)(=O)N2CCCCC2)cc1)N1CCCC1c1ccc2c(c1)OCCCO2. The highest BCUT2D eigenvalue weighted by Crippen LogP contribution is 2.38. The summed E-state index contributed by atoms with van der Waals surface area (Å²) >= 11 is 0. The van der Waals surface area contributed by atoms with Gasteiger partial charge >= 0.3 is 0 Å². The maximum absolute atomic E-state index is 13.3. The first-order valence-corrected chi connectivity index (χ1v) is 13.3. The van der Waals surface area contributed by atoms with Crippen LogP contribution in [0.3, 0.4) is 0 Å². The minimum atomic E-state index is -3.51. The molecule has 0 radical (unpaired) electrons. The number of piperidine rings is 1. The van der Waals surface area contributed by atoms with Crippen molar-refractivity contribution >= 4 is 15.9 Å². The summed E-state index contributed by atoms with van der Waals surface area (Å²) in [6.07, 6.45) is 5.51. The molecule has 2 aromatic carbocycles. The fraction of sp³-hybridized carbons (Fsp3) is 0.480. The lowest BCUT2D eigenvalue weighted by molar-refractivity contribution is 0.0735. The maximum atomic E-state index is 13.3. The van der Waals surface area contributed by atoms with Crippen LogP contribution in [0.4, 0.5) is 0 Å². The molecule has 8 heteroatoms. The van der Waals surface area contributed by atoms with Gasteiger partial charge in [-0.25, -0.2) is 8.42 Å². The second-order valence-electron chi connectivity index (χ2n) is 8.90. The number of sulfonamides is 1. The summed E-state index contributed by atoms with van der Waals surface area (Å²) in [6.45, 7) is 3.06. The van der Waals surface area contributed by atoms with E-state index in [1.807, 2.05) is 23.1 Å². The van der Waals surface area contributed by atoms with Crippen LogP contribution in [-0.4, -0.2) is 56.4 Å². The number of likely N-dealkylation sites (tertiary alicyclic amines) is 1. The highest BCUT2D eigenvalue weighted by atomic mass is 32.2. The first kappa shape index (κ1) is 22.2. The van der Waals surface area contributed by atoms with E-state index in [0.717, 1.165) is 55.6 Å². The molecule has 2 fully saturated rings. The minimum Gasteiger partial charge on any atom is -0.490 e. The number of ether oxygens (including phenoxy) is 2. The monoisotopic (exact) mass is 470 g/mol. The second kappa shape index (κ2) is 9.35. The van der Waals surface area contributed by atoms with E-state index in [1.165, 1.54) is 0 Å². The Labute approximate surface area is 195 Å². The summed E-state index contributed by atoms with van der Waals surface area (Å²) in [6, 6.07) is 12.3. The molecule has 0 saturated carbocycles. The average molecular weight is 471 g/mol. The number of rotatable bonds is 4. The molecular weight excluding hydrogens is 440 g/mol. The van der Waals surface area contributed by atoms with Crippen molar-refractivity contribution in [2.45, 2.75) is 49.5 Å². The fourth-order valence-electron chi connectivity index (χ4n) is 4.93. The summed E-state index contributed by atoms with van der Waals surface area (Å²) in [5.74, 6) is 1.40. The number of amides is 1. The Kier molecular flexibility index (Phi) is 6.29. The van der Waals surface area contributed by atoms with Crippen molar-refractivity contribution in [2.75, 3.05) is 32.8 Å². The number of benzene rings is 2. The summed E-state index contributed by atoms with van der Waals surface area (Å²) < 4.78 is 38.9. The smallest absolute Gasteiger partial charge is 0.254 e. The number of hydrogen-bond donors (Lipinski definition) is 0. The topological polar surface area (TPSA) is 76.2 Å². The zero-order valence-corrected chi connectivity index (χ0v) is 19.6. The van der Waals surface area contributed by atoms with E-state index >= 15 is 0 Å². The number of carbonyl (C=O) groups is 1. The summed E-state index contributed by atoms with van der Waals surface area (Å²) in [5, 5.41) is 0. The fourth-order valence-corrected chi connectivity index (χ4v) is 6.45. The molecular formula is C25H30N2O5S. The molecule has 0 N–H and O–H groups in total. The lowest BCUT2D eigenvalue weighted by Gasteiger charge is -2.27. The van der Waals surface area contributed by atoms with Gasteiger partial charge in [-0.15, -0.1) is 0 Å². The van der Waals surface area contributed by atoms with E-state index < -0.39 is 10.0 Å². The Bertz CT molecular complexity index is 1110. The Hall–Kier alpha value is -2.58. The summed E-state index contributed by atoms with van der Waals surface area (Å²) in [4.78, 5) is 15.5. The predicted octanol–water partition coefficient (Wildman–Crippen LogP) is 4.00. The van der Waals surface area contributed by atoms with Crippen LogP contribution in [0.5, 0.6) is 11.5 Å². The van der Waals surface area contributed by atoms with Crippen molar-refractivity contribution in [3.63, 3.8) is 0 Å².